The summed E-state index contributed by atoms with van der Waals surface area (Å²) < 4.78 is 6.67. The van der Waals surface area contributed by atoms with Crippen LogP contribution in [-0.2, 0) is 11.3 Å². The molecule has 0 spiro atoms. The lowest BCUT2D eigenvalue weighted by Gasteiger charge is -2.14. The molecule has 1 aliphatic rings. The van der Waals surface area contributed by atoms with Crippen LogP contribution in [0.15, 0.2) is 36.4 Å². The first-order valence-electron chi connectivity index (χ1n) is 7.67. The van der Waals surface area contributed by atoms with E-state index in [0.29, 0.717) is 25.3 Å². The molecule has 1 saturated heterocycles. The number of rotatable bonds is 4. The van der Waals surface area contributed by atoms with Gasteiger partial charge in [0.1, 0.15) is 12.4 Å². The molecule has 1 aliphatic heterocycles. The molecule has 0 saturated carbocycles. The van der Waals surface area contributed by atoms with Crippen molar-refractivity contribution in [3.63, 3.8) is 0 Å². The molecule has 1 N–H and O–H groups in total. The molecule has 3 heterocycles. The summed E-state index contributed by atoms with van der Waals surface area (Å²) in [6, 6.07) is 11.5. The SMILES string of the molecule is Cc1nnc2ccc(NCc3cccc(N4CCOC4=O)c3)nn12. The Morgan fingerprint density at radius 1 is 1.25 bits per heavy atom. The van der Waals surface area contributed by atoms with E-state index in [1.165, 1.54) is 0 Å². The first-order valence-corrected chi connectivity index (χ1v) is 7.67. The summed E-state index contributed by atoms with van der Waals surface area (Å²) in [6.07, 6.45) is -0.296. The van der Waals surface area contributed by atoms with E-state index in [1.807, 2.05) is 43.3 Å². The van der Waals surface area contributed by atoms with Crippen molar-refractivity contribution in [1.29, 1.82) is 0 Å². The third-order valence-electron chi connectivity index (χ3n) is 3.88. The second kappa shape index (κ2) is 5.80. The Kier molecular flexibility index (Phi) is 3.49. The molecule has 8 heteroatoms. The minimum absolute atomic E-state index is 0.296. The Balaban J connectivity index is 1.50. The number of carbonyl (C=O) groups is 1. The van der Waals surface area contributed by atoms with Gasteiger partial charge in [-0.3, -0.25) is 4.90 Å². The molecule has 1 aromatic carbocycles. The van der Waals surface area contributed by atoms with Gasteiger partial charge in [0.25, 0.3) is 0 Å². The number of hydrogen-bond donors (Lipinski definition) is 1. The van der Waals surface area contributed by atoms with Crippen LogP contribution in [0.3, 0.4) is 0 Å². The van der Waals surface area contributed by atoms with Crippen LogP contribution in [0, 0.1) is 6.92 Å². The topological polar surface area (TPSA) is 84.6 Å². The Morgan fingerprint density at radius 2 is 2.17 bits per heavy atom. The zero-order chi connectivity index (χ0) is 16.5. The number of amides is 1. The first kappa shape index (κ1) is 14.4. The van der Waals surface area contributed by atoms with E-state index in [1.54, 1.807) is 9.42 Å². The van der Waals surface area contributed by atoms with E-state index in [2.05, 4.69) is 20.6 Å². The van der Waals surface area contributed by atoms with Gasteiger partial charge in [-0.25, -0.2) is 4.79 Å². The quantitative estimate of drug-likeness (QED) is 0.790. The van der Waals surface area contributed by atoms with Crippen molar-refractivity contribution in [3.05, 3.63) is 47.8 Å². The van der Waals surface area contributed by atoms with Crippen molar-refractivity contribution in [2.24, 2.45) is 0 Å². The third kappa shape index (κ3) is 2.62. The van der Waals surface area contributed by atoms with Crippen LogP contribution >= 0.6 is 0 Å². The summed E-state index contributed by atoms with van der Waals surface area (Å²) >= 11 is 0. The van der Waals surface area contributed by atoms with Crippen LogP contribution in [0.25, 0.3) is 5.65 Å². The van der Waals surface area contributed by atoms with E-state index < -0.39 is 0 Å². The Labute approximate surface area is 138 Å². The number of carbonyl (C=O) groups excluding carboxylic acids is 1. The van der Waals surface area contributed by atoms with Gasteiger partial charge in [-0.05, 0) is 36.8 Å². The maximum absolute atomic E-state index is 11.7. The highest BCUT2D eigenvalue weighted by Gasteiger charge is 2.23. The van der Waals surface area contributed by atoms with Gasteiger partial charge in [-0.2, -0.15) is 4.52 Å². The molecule has 1 amide bonds. The van der Waals surface area contributed by atoms with Crippen LogP contribution in [0.4, 0.5) is 16.3 Å². The van der Waals surface area contributed by atoms with E-state index in [4.69, 9.17) is 4.74 Å². The predicted octanol–water partition coefficient (Wildman–Crippen LogP) is 2.00. The number of benzene rings is 1. The second-order valence-corrected chi connectivity index (χ2v) is 5.53. The first-order chi connectivity index (χ1) is 11.7. The van der Waals surface area contributed by atoms with Gasteiger partial charge in [-0.15, -0.1) is 15.3 Å². The molecule has 0 unspecified atom stereocenters. The van der Waals surface area contributed by atoms with Crippen LogP contribution < -0.4 is 10.2 Å². The highest BCUT2D eigenvalue weighted by Crippen LogP contribution is 2.20. The van der Waals surface area contributed by atoms with Crippen LogP contribution in [0.2, 0.25) is 0 Å². The Bertz CT molecular complexity index is 906. The highest BCUT2D eigenvalue weighted by atomic mass is 16.6. The largest absolute Gasteiger partial charge is 0.447 e. The maximum atomic E-state index is 11.7. The summed E-state index contributed by atoms with van der Waals surface area (Å²) in [5.41, 5.74) is 2.61. The molecule has 0 radical (unpaired) electrons. The molecule has 8 nitrogen and oxygen atoms in total. The maximum Gasteiger partial charge on any atom is 0.414 e. The Hall–Kier alpha value is -3.16. The van der Waals surface area contributed by atoms with Crippen LogP contribution in [0.1, 0.15) is 11.4 Å². The van der Waals surface area contributed by atoms with Crippen LogP contribution in [-0.4, -0.2) is 39.1 Å². The van der Waals surface area contributed by atoms with Crippen molar-refractivity contribution in [2.45, 2.75) is 13.5 Å². The van der Waals surface area contributed by atoms with Crippen molar-refractivity contribution >= 4 is 23.2 Å². The van der Waals surface area contributed by atoms with Gasteiger partial charge in [-0.1, -0.05) is 12.1 Å². The van der Waals surface area contributed by atoms with Crippen LogP contribution in [0.5, 0.6) is 0 Å². The molecule has 0 aliphatic carbocycles. The molecule has 3 aromatic rings. The van der Waals surface area contributed by atoms with E-state index in [-0.39, 0.29) is 6.09 Å². The molecule has 4 rings (SSSR count). The average molecular weight is 324 g/mol. The molecular formula is C16H16N6O2. The summed E-state index contributed by atoms with van der Waals surface area (Å²) in [5.74, 6) is 1.47. The van der Waals surface area contributed by atoms with Gasteiger partial charge in [0.05, 0.1) is 6.54 Å². The summed E-state index contributed by atoms with van der Waals surface area (Å²) in [4.78, 5) is 13.3. The molecular weight excluding hydrogens is 308 g/mol. The van der Waals surface area contributed by atoms with Crippen molar-refractivity contribution in [3.8, 4) is 0 Å². The molecule has 2 aromatic heterocycles. The zero-order valence-electron chi connectivity index (χ0n) is 13.1. The van der Waals surface area contributed by atoms with Crippen molar-refractivity contribution < 1.29 is 9.53 Å². The molecule has 1 fully saturated rings. The van der Waals surface area contributed by atoms with Gasteiger partial charge >= 0.3 is 6.09 Å². The van der Waals surface area contributed by atoms with E-state index >= 15 is 0 Å². The minimum Gasteiger partial charge on any atom is -0.447 e. The molecule has 24 heavy (non-hydrogen) atoms. The van der Waals surface area contributed by atoms with Crippen molar-refractivity contribution in [2.75, 3.05) is 23.4 Å². The predicted molar refractivity (Wildman–Crippen MR) is 88.0 cm³/mol. The van der Waals surface area contributed by atoms with Gasteiger partial charge in [0.15, 0.2) is 11.5 Å². The number of nitrogens with one attached hydrogen (secondary N) is 1. The monoisotopic (exact) mass is 324 g/mol. The Morgan fingerprint density at radius 3 is 3.00 bits per heavy atom. The number of nitrogens with zero attached hydrogens (tertiary/aromatic N) is 5. The number of aromatic nitrogens is 4. The number of fused-ring (bicyclic) bond motifs is 1. The second-order valence-electron chi connectivity index (χ2n) is 5.53. The lowest BCUT2D eigenvalue weighted by molar-refractivity contribution is 0.181. The summed E-state index contributed by atoms with van der Waals surface area (Å²) in [5, 5.41) is 15.7. The highest BCUT2D eigenvalue weighted by molar-refractivity contribution is 5.89. The van der Waals surface area contributed by atoms with Gasteiger partial charge in [0, 0.05) is 12.2 Å². The van der Waals surface area contributed by atoms with Gasteiger partial charge in [0.2, 0.25) is 0 Å². The van der Waals surface area contributed by atoms with Gasteiger partial charge < -0.3 is 10.1 Å². The fourth-order valence-electron chi connectivity index (χ4n) is 2.65. The van der Waals surface area contributed by atoms with E-state index in [0.717, 1.165) is 22.9 Å². The zero-order valence-corrected chi connectivity index (χ0v) is 13.1. The number of cyclic esters (lactones) is 1. The fraction of sp³-hybridized carbons (Fsp3) is 0.250. The number of hydrogen-bond acceptors (Lipinski definition) is 6. The number of anilines is 2. The minimum atomic E-state index is -0.296. The summed E-state index contributed by atoms with van der Waals surface area (Å²) in [7, 11) is 0. The lowest BCUT2D eigenvalue weighted by atomic mass is 10.2. The standard InChI is InChI=1S/C16H16N6O2/c1-11-18-19-15-6-5-14(20-22(11)15)17-10-12-3-2-4-13(9-12)21-7-8-24-16(21)23/h2-6,9H,7-8,10H2,1H3,(H,17,20). The molecule has 122 valence electrons. The smallest absolute Gasteiger partial charge is 0.414 e. The lowest BCUT2D eigenvalue weighted by Crippen LogP contribution is -2.23. The van der Waals surface area contributed by atoms with E-state index in [9.17, 15) is 4.79 Å². The average Bonchev–Trinajstić information content (AvgIpc) is 3.19. The number of aryl methyl sites for hydroxylation is 1. The molecule has 0 bridgehead atoms. The normalized spacial score (nSPS) is 14.2. The molecule has 0 atom stereocenters. The third-order valence-corrected chi connectivity index (χ3v) is 3.88. The summed E-state index contributed by atoms with van der Waals surface area (Å²) in [6.45, 7) is 3.47. The number of ether oxygens (including phenoxy) is 1. The fourth-order valence-corrected chi connectivity index (χ4v) is 2.65. The van der Waals surface area contributed by atoms with Crippen molar-refractivity contribution in [1.82, 2.24) is 19.8 Å².